The number of aromatic nitrogens is 4. The molecular weight excluding hydrogens is 222 g/mol. The predicted octanol–water partition coefficient (Wildman–Crippen LogP) is 1.68. The van der Waals surface area contributed by atoms with Gasteiger partial charge in [-0.25, -0.2) is 15.0 Å². The summed E-state index contributed by atoms with van der Waals surface area (Å²) < 4.78 is 2.03. The number of hydrogen-bond donors (Lipinski definition) is 1. The molecule has 1 N–H and O–H groups in total. The summed E-state index contributed by atoms with van der Waals surface area (Å²) in [4.78, 5) is 12.9. The molecule has 0 aromatic carbocycles. The summed E-state index contributed by atoms with van der Waals surface area (Å²) in [5.41, 5.74) is 1.76. The zero-order valence-electron chi connectivity index (χ0n) is 9.64. The van der Waals surface area contributed by atoms with E-state index in [0.717, 1.165) is 22.7 Å². The van der Waals surface area contributed by atoms with E-state index in [1.54, 1.807) is 18.1 Å². The van der Waals surface area contributed by atoms with E-state index in [4.69, 9.17) is 0 Å². The largest absolute Gasteiger partial charge is 0.299 e. The Bertz CT molecular complexity index is 481. The van der Waals surface area contributed by atoms with Crippen molar-refractivity contribution < 1.29 is 0 Å². The Labute approximate surface area is 98.7 Å². The molecule has 1 atom stereocenters. The molecule has 2 heterocycles. The fourth-order valence-electron chi connectivity index (χ4n) is 1.66. The Morgan fingerprint density at radius 2 is 2.25 bits per heavy atom. The van der Waals surface area contributed by atoms with Crippen LogP contribution >= 0.6 is 11.8 Å². The van der Waals surface area contributed by atoms with Crippen LogP contribution in [0.4, 0.5) is 0 Å². The van der Waals surface area contributed by atoms with Crippen LogP contribution in [0.5, 0.6) is 0 Å². The van der Waals surface area contributed by atoms with Crippen molar-refractivity contribution in [3.63, 3.8) is 0 Å². The topological polar surface area (TPSA) is 55.6 Å². The molecule has 6 heteroatoms. The van der Waals surface area contributed by atoms with Gasteiger partial charge in [-0.05, 0) is 19.7 Å². The first-order valence-electron chi connectivity index (χ1n) is 5.22. The quantitative estimate of drug-likeness (QED) is 0.647. The zero-order valence-corrected chi connectivity index (χ0v) is 10.5. The maximum absolute atomic E-state index is 4.37. The van der Waals surface area contributed by atoms with E-state index in [2.05, 4.69) is 34.1 Å². The Morgan fingerprint density at radius 3 is 2.94 bits per heavy atom. The molecule has 0 fully saturated rings. The van der Waals surface area contributed by atoms with Gasteiger partial charge >= 0.3 is 0 Å². The lowest BCUT2D eigenvalue weighted by Crippen LogP contribution is -2.23. The predicted molar refractivity (Wildman–Crippen MR) is 65.5 cm³/mol. The summed E-state index contributed by atoms with van der Waals surface area (Å²) in [6.45, 7) is 5.09. The van der Waals surface area contributed by atoms with Crippen molar-refractivity contribution in [2.75, 3.05) is 12.8 Å². The lowest BCUT2D eigenvalue weighted by molar-refractivity contribution is 0.457. The van der Waals surface area contributed by atoms with Crippen molar-refractivity contribution in [3.8, 4) is 0 Å². The summed E-state index contributed by atoms with van der Waals surface area (Å²) >= 11 is 1.59. The standard InChI is InChI=1S/C10H15N5S/c1-4-11-7(2)15-6-14-8-9(15)12-5-13-10(8)16-3/h5-7,11H,4H2,1-3H3. The number of nitrogens with zero attached hydrogens (tertiary/aromatic N) is 4. The van der Waals surface area contributed by atoms with Crippen LogP contribution in [-0.4, -0.2) is 32.3 Å². The van der Waals surface area contributed by atoms with Crippen molar-refractivity contribution >= 4 is 22.9 Å². The average Bonchev–Trinajstić information content (AvgIpc) is 2.72. The number of nitrogens with one attached hydrogen (secondary N) is 1. The molecule has 0 aliphatic carbocycles. The van der Waals surface area contributed by atoms with Gasteiger partial charge in [-0.2, -0.15) is 0 Å². The molecule has 0 aliphatic rings. The number of fused-ring (bicyclic) bond motifs is 1. The molecule has 0 aliphatic heterocycles. The third-order valence-corrected chi connectivity index (χ3v) is 3.12. The monoisotopic (exact) mass is 237 g/mol. The lowest BCUT2D eigenvalue weighted by Gasteiger charge is -2.14. The molecule has 0 amide bonds. The van der Waals surface area contributed by atoms with Crippen LogP contribution in [0.25, 0.3) is 11.2 Å². The smallest absolute Gasteiger partial charge is 0.165 e. The highest BCUT2D eigenvalue weighted by molar-refractivity contribution is 7.98. The molecule has 0 bridgehead atoms. The molecule has 1 unspecified atom stereocenters. The van der Waals surface area contributed by atoms with Crippen LogP contribution in [0.15, 0.2) is 17.7 Å². The van der Waals surface area contributed by atoms with Crippen LogP contribution in [0.1, 0.15) is 20.0 Å². The molecule has 5 nitrogen and oxygen atoms in total. The van der Waals surface area contributed by atoms with E-state index in [9.17, 15) is 0 Å². The van der Waals surface area contributed by atoms with Gasteiger partial charge in [0, 0.05) is 0 Å². The minimum atomic E-state index is 0.194. The van der Waals surface area contributed by atoms with E-state index in [1.165, 1.54) is 0 Å². The van der Waals surface area contributed by atoms with Gasteiger partial charge in [0.25, 0.3) is 0 Å². The van der Waals surface area contributed by atoms with Gasteiger partial charge < -0.3 is 0 Å². The summed E-state index contributed by atoms with van der Waals surface area (Å²) in [6, 6.07) is 0. The summed E-state index contributed by atoms with van der Waals surface area (Å²) in [6.07, 6.45) is 5.59. The van der Waals surface area contributed by atoms with Gasteiger partial charge in [0.2, 0.25) is 0 Å². The first-order chi connectivity index (χ1) is 7.77. The van der Waals surface area contributed by atoms with Crippen LogP contribution in [0, 0.1) is 0 Å². The van der Waals surface area contributed by atoms with Crippen molar-refractivity contribution in [2.45, 2.75) is 25.0 Å². The van der Waals surface area contributed by atoms with Gasteiger partial charge in [-0.15, -0.1) is 11.8 Å². The molecule has 2 aromatic rings. The van der Waals surface area contributed by atoms with E-state index < -0.39 is 0 Å². The molecule has 0 spiro atoms. The fourth-order valence-corrected chi connectivity index (χ4v) is 2.15. The fraction of sp³-hybridized carbons (Fsp3) is 0.500. The maximum atomic E-state index is 4.37. The van der Waals surface area contributed by atoms with Gasteiger partial charge in [-0.1, -0.05) is 6.92 Å². The number of thioether (sulfide) groups is 1. The Balaban J connectivity index is 2.48. The summed E-state index contributed by atoms with van der Waals surface area (Å²) in [5.74, 6) is 0. The Kier molecular flexibility index (Phi) is 3.40. The van der Waals surface area contributed by atoms with E-state index in [-0.39, 0.29) is 6.17 Å². The van der Waals surface area contributed by atoms with Crippen LogP contribution < -0.4 is 5.32 Å². The van der Waals surface area contributed by atoms with E-state index in [0.29, 0.717) is 0 Å². The molecule has 0 saturated carbocycles. The average molecular weight is 237 g/mol. The van der Waals surface area contributed by atoms with Crippen LogP contribution in [0.2, 0.25) is 0 Å². The lowest BCUT2D eigenvalue weighted by atomic mass is 10.5. The summed E-state index contributed by atoms with van der Waals surface area (Å²) in [7, 11) is 0. The van der Waals surface area contributed by atoms with Gasteiger partial charge in [0.1, 0.15) is 16.9 Å². The molecule has 2 rings (SSSR count). The van der Waals surface area contributed by atoms with E-state index >= 15 is 0 Å². The van der Waals surface area contributed by atoms with Crippen molar-refractivity contribution in [1.82, 2.24) is 24.8 Å². The Morgan fingerprint density at radius 1 is 1.44 bits per heavy atom. The van der Waals surface area contributed by atoms with Crippen LogP contribution in [-0.2, 0) is 0 Å². The van der Waals surface area contributed by atoms with Gasteiger partial charge in [0.15, 0.2) is 5.65 Å². The molecule has 0 saturated heterocycles. The third kappa shape index (κ3) is 1.90. The minimum absolute atomic E-state index is 0.194. The van der Waals surface area contributed by atoms with E-state index in [1.807, 2.05) is 17.2 Å². The SMILES string of the molecule is CCNC(C)n1cnc2c(SC)ncnc21. The Hall–Kier alpha value is -1.14. The minimum Gasteiger partial charge on any atom is -0.299 e. The normalized spacial score (nSPS) is 13.2. The summed E-state index contributed by atoms with van der Waals surface area (Å²) in [5, 5.41) is 4.26. The van der Waals surface area contributed by atoms with Gasteiger partial charge in [0.05, 0.1) is 12.5 Å². The first kappa shape index (κ1) is 11.3. The third-order valence-electron chi connectivity index (χ3n) is 2.44. The second-order valence-electron chi connectivity index (χ2n) is 3.44. The highest BCUT2D eigenvalue weighted by atomic mass is 32.2. The number of imidazole rings is 1. The van der Waals surface area contributed by atoms with Crippen molar-refractivity contribution in [3.05, 3.63) is 12.7 Å². The van der Waals surface area contributed by atoms with Crippen molar-refractivity contribution in [1.29, 1.82) is 0 Å². The second kappa shape index (κ2) is 4.80. The number of rotatable bonds is 4. The van der Waals surface area contributed by atoms with Gasteiger partial charge in [-0.3, -0.25) is 9.88 Å². The van der Waals surface area contributed by atoms with Crippen LogP contribution in [0.3, 0.4) is 0 Å². The molecule has 0 radical (unpaired) electrons. The highest BCUT2D eigenvalue weighted by Gasteiger charge is 2.12. The molecular formula is C10H15N5S. The second-order valence-corrected chi connectivity index (χ2v) is 4.24. The maximum Gasteiger partial charge on any atom is 0.165 e. The highest BCUT2D eigenvalue weighted by Crippen LogP contribution is 2.22. The number of hydrogen-bond acceptors (Lipinski definition) is 5. The zero-order chi connectivity index (χ0) is 11.5. The molecule has 2 aromatic heterocycles. The molecule has 16 heavy (non-hydrogen) atoms. The molecule has 86 valence electrons. The first-order valence-corrected chi connectivity index (χ1v) is 6.45. The van der Waals surface area contributed by atoms with Crippen molar-refractivity contribution in [2.24, 2.45) is 0 Å².